The average Bonchev–Trinajstić information content (AvgIpc) is 2.68. The van der Waals surface area contributed by atoms with Crippen molar-refractivity contribution in [2.24, 2.45) is 0 Å². The van der Waals surface area contributed by atoms with E-state index in [4.69, 9.17) is 13.0 Å². The number of hydrogen-bond acceptors (Lipinski definition) is 2. The molecule has 0 aromatic heterocycles. The number of rotatable bonds is 3. The first-order chi connectivity index (χ1) is 14.3. The standard InChI is InChI=1S/C19H14F3I.CHF3O3S/c20-19(21,22)15-8-7-13-18(14-15)23(16-9-3-1-4-10-16)17-11-5-2-6-12-17;2-1(3,4)8(5,6)7/h1-14H;(H,5,6,7). The molecule has 31 heavy (non-hydrogen) atoms. The van der Waals surface area contributed by atoms with Crippen molar-refractivity contribution in [1.82, 2.24) is 0 Å². The summed E-state index contributed by atoms with van der Waals surface area (Å²) in [6.45, 7) is 0. The van der Waals surface area contributed by atoms with Crippen LogP contribution in [0.4, 0.5) is 26.3 Å². The molecule has 0 aliphatic heterocycles. The minimum absolute atomic E-state index is 0.579. The van der Waals surface area contributed by atoms with Crippen LogP contribution in [0.25, 0.3) is 0 Å². The molecule has 0 radical (unpaired) electrons. The molecule has 3 aromatic rings. The number of halogens is 7. The fourth-order valence-corrected chi connectivity index (χ4v) is 7.88. The molecule has 0 saturated heterocycles. The van der Waals surface area contributed by atoms with Gasteiger partial charge in [-0.15, -0.1) is 0 Å². The van der Waals surface area contributed by atoms with Crippen LogP contribution in [-0.4, -0.2) is 18.5 Å². The molecule has 0 saturated carbocycles. The van der Waals surface area contributed by atoms with Gasteiger partial charge in [-0.05, 0) is 0 Å². The van der Waals surface area contributed by atoms with Crippen LogP contribution < -0.4 is 0 Å². The molecule has 168 valence electrons. The fourth-order valence-electron chi connectivity index (χ4n) is 2.24. The Morgan fingerprint density at radius 3 is 1.39 bits per heavy atom. The van der Waals surface area contributed by atoms with Crippen LogP contribution in [0, 0.1) is 10.7 Å². The van der Waals surface area contributed by atoms with Crippen molar-refractivity contribution in [2.45, 2.75) is 11.7 Å². The van der Waals surface area contributed by atoms with Crippen LogP contribution in [0.2, 0.25) is 0 Å². The van der Waals surface area contributed by atoms with Crippen LogP contribution in [0.1, 0.15) is 5.56 Å². The van der Waals surface area contributed by atoms with Gasteiger partial charge in [0.15, 0.2) is 0 Å². The maximum atomic E-state index is 13.1. The molecule has 0 atom stereocenters. The summed E-state index contributed by atoms with van der Waals surface area (Å²) >= 11 is -2.12. The molecule has 11 heteroatoms. The molecule has 0 amide bonds. The van der Waals surface area contributed by atoms with Crippen molar-refractivity contribution >= 4 is 29.9 Å². The minimum Gasteiger partial charge on any atom is -0.279 e. The zero-order valence-electron chi connectivity index (χ0n) is 15.4. The summed E-state index contributed by atoms with van der Waals surface area (Å²) in [6, 6.07) is 25.4. The number of alkyl halides is 6. The van der Waals surface area contributed by atoms with Gasteiger partial charge in [-0.2, -0.15) is 21.6 Å². The molecular weight excluding hydrogens is 561 g/mol. The van der Waals surface area contributed by atoms with E-state index in [1.807, 2.05) is 66.7 Å². The first-order valence-electron chi connectivity index (χ1n) is 8.31. The second-order valence-corrected chi connectivity index (χ2v) is 12.6. The van der Waals surface area contributed by atoms with Crippen molar-refractivity contribution in [3.8, 4) is 0 Å². The smallest absolute Gasteiger partial charge is 0.279 e. The predicted octanol–water partition coefficient (Wildman–Crippen LogP) is 6.52. The van der Waals surface area contributed by atoms with Gasteiger partial charge in [-0.1, -0.05) is 0 Å². The second-order valence-electron chi connectivity index (χ2n) is 5.80. The third-order valence-corrected chi connectivity index (χ3v) is 10.00. The van der Waals surface area contributed by atoms with E-state index in [-0.39, 0.29) is 0 Å². The monoisotopic (exact) mass is 576 g/mol. The SMILES string of the molecule is FC(F)(F)c1cccc(I(c2ccccc2)c2ccccc2)c1.O=S(=O)(O)C(F)(F)F. The molecule has 3 nitrogen and oxygen atoms in total. The van der Waals surface area contributed by atoms with Gasteiger partial charge in [0, 0.05) is 0 Å². The third kappa shape index (κ3) is 7.21. The van der Waals surface area contributed by atoms with E-state index in [9.17, 15) is 26.3 Å². The fraction of sp³-hybridized carbons (Fsp3) is 0.100. The van der Waals surface area contributed by atoms with Crippen LogP contribution in [-0.2, 0) is 16.3 Å². The number of benzene rings is 3. The van der Waals surface area contributed by atoms with E-state index in [1.54, 1.807) is 0 Å². The normalized spacial score (nSPS) is 12.5. The largest absolute Gasteiger partial charge is 0.522 e. The quantitative estimate of drug-likeness (QED) is 0.167. The molecule has 0 bridgehead atoms. The topological polar surface area (TPSA) is 54.4 Å². The van der Waals surface area contributed by atoms with Gasteiger partial charge in [0.2, 0.25) is 0 Å². The van der Waals surface area contributed by atoms with Gasteiger partial charge >= 0.3 is 156 Å². The Morgan fingerprint density at radius 2 is 1.03 bits per heavy atom. The Kier molecular flexibility index (Phi) is 8.11. The van der Waals surface area contributed by atoms with Crippen LogP contribution in [0.3, 0.4) is 0 Å². The average molecular weight is 576 g/mol. The van der Waals surface area contributed by atoms with E-state index in [0.717, 1.165) is 16.8 Å². The summed E-state index contributed by atoms with van der Waals surface area (Å²) in [5.41, 5.74) is -6.11. The molecule has 0 fully saturated rings. The Hall–Kier alpha value is -2.12. The number of hydrogen-bond donors (Lipinski definition) is 1. The summed E-state index contributed by atoms with van der Waals surface area (Å²) in [5.74, 6) is 0. The molecule has 0 heterocycles. The summed E-state index contributed by atoms with van der Waals surface area (Å²) in [6.07, 6.45) is -4.31. The maximum absolute atomic E-state index is 13.1. The van der Waals surface area contributed by atoms with Crippen LogP contribution >= 0.6 is 19.8 Å². The van der Waals surface area contributed by atoms with Crippen molar-refractivity contribution in [3.63, 3.8) is 0 Å². The van der Waals surface area contributed by atoms with Crippen molar-refractivity contribution in [3.05, 3.63) is 101 Å². The van der Waals surface area contributed by atoms with Gasteiger partial charge in [0.05, 0.1) is 0 Å². The minimum atomic E-state index is -5.84. The van der Waals surface area contributed by atoms with Crippen molar-refractivity contribution in [2.75, 3.05) is 0 Å². The zero-order valence-corrected chi connectivity index (χ0v) is 18.4. The molecular formula is C20H15F6IO3S. The zero-order chi connectivity index (χ0) is 23.3. The Morgan fingerprint density at radius 1 is 0.645 bits per heavy atom. The summed E-state index contributed by atoms with van der Waals surface area (Å²) in [4.78, 5) is 0. The molecule has 3 rings (SSSR count). The van der Waals surface area contributed by atoms with E-state index in [1.165, 1.54) is 12.1 Å². The van der Waals surface area contributed by atoms with Crippen LogP contribution in [0.5, 0.6) is 0 Å². The van der Waals surface area contributed by atoms with E-state index < -0.39 is 47.2 Å². The maximum Gasteiger partial charge on any atom is 0.522 e. The molecule has 0 aliphatic carbocycles. The van der Waals surface area contributed by atoms with Gasteiger partial charge in [-0.3, -0.25) is 4.55 Å². The summed E-state index contributed by atoms with van der Waals surface area (Å²) in [7, 11) is -5.84. The van der Waals surface area contributed by atoms with Gasteiger partial charge in [-0.25, -0.2) is 0 Å². The van der Waals surface area contributed by atoms with Gasteiger partial charge in [0.1, 0.15) is 0 Å². The second kappa shape index (κ2) is 10.0. The predicted molar refractivity (Wildman–Crippen MR) is 112 cm³/mol. The molecule has 3 aromatic carbocycles. The summed E-state index contributed by atoms with van der Waals surface area (Å²) < 4.78 is 99.7. The third-order valence-electron chi connectivity index (χ3n) is 3.57. The van der Waals surface area contributed by atoms with Crippen molar-refractivity contribution in [1.29, 1.82) is 0 Å². The Labute approximate surface area is 181 Å². The van der Waals surface area contributed by atoms with Gasteiger partial charge in [0.25, 0.3) is 0 Å². The van der Waals surface area contributed by atoms with Gasteiger partial charge < -0.3 is 0 Å². The van der Waals surface area contributed by atoms with Crippen LogP contribution in [0.15, 0.2) is 84.9 Å². The van der Waals surface area contributed by atoms with Crippen molar-refractivity contribution < 1.29 is 39.3 Å². The van der Waals surface area contributed by atoms with E-state index in [2.05, 4.69) is 0 Å². The molecule has 0 unspecified atom stereocenters. The summed E-state index contributed by atoms with van der Waals surface area (Å²) in [5, 5.41) is 0. The molecule has 0 spiro atoms. The molecule has 1 N–H and O–H groups in total. The first kappa shape index (κ1) is 25.1. The van der Waals surface area contributed by atoms with E-state index in [0.29, 0.717) is 0 Å². The van der Waals surface area contributed by atoms with E-state index >= 15 is 0 Å². The first-order valence-corrected chi connectivity index (χ1v) is 13.0. The molecule has 0 aliphatic rings. The Bertz CT molecular complexity index is 1050. The Balaban J connectivity index is 0.000000366.